The Morgan fingerprint density at radius 2 is 2.03 bits per heavy atom. The maximum Gasteiger partial charge on any atom is 0.293 e. The molecule has 4 heterocycles. The Balaban J connectivity index is 1.75. The van der Waals surface area contributed by atoms with Gasteiger partial charge in [-0.25, -0.2) is 9.97 Å². The third-order valence-corrected chi connectivity index (χ3v) is 5.66. The normalized spacial score (nSPS) is 16.8. The minimum absolute atomic E-state index is 0.132. The molecule has 0 N–H and O–H groups in total. The first kappa shape index (κ1) is 20.2. The summed E-state index contributed by atoms with van der Waals surface area (Å²) in [4.78, 5) is 28.7. The van der Waals surface area contributed by atoms with Crippen LogP contribution in [0.2, 0.25) is 0 Å². The summed E-state index contributed by atoms with van der Waals surface area (Å²) in [5.74, 6) is 1.06. The van der Waals surface area contributed by atoms with Crippen LogP contribution >= 0.6 is 0 Å². The van der Waals surface area contributed by atoms with Gasteiger partial charge in [0, 0.05) is 36.8 Å². The van der Waals surface area contributed by atoms with Crippen LogP contribution in [0.25, 0.3) is 11.1 Å². The Morgan fingerprint density at radius 1 is 1.20 bits per heavy atom. The van der Waals surface area contributed by atoms with Crippen LogP contribution in [0.15, 0.2) is 35.2 Å². The summed E-state index contributed by atoms with van der Waals surface area (Å²) in [6.45, 7) is 8.63. The molecule has 7 heteroatoms. The molecule has 1 saturated heterocycles. The number of aryl methyl sites for hydroxylation is 2. The molecule has 1 aliphatic rings. The second kappa shape index (κ2) is 8.34. The van der Waals surface area contributed by atoms with Gasteiger partial charge in [-0.3, -0.25) is 9.78 Å². The molecule has 3 aromatic rings. The molecule has 0 aromatic carbocycles. The molecular formula is C23H27N5O2. The van der Waals surface area contributed by atoms with Gasteiger partial charge in [-0.15, -0.1) is 0 Å². The highest BCUT2D eigenvalue weighted by atomic mass is 16.5. The molecule has 7 nitrogen and oxygen atoms in total. The summed E-state index contributed by atoms with van der Waals surface area (Å²) in [7, 11) is 0. The van der Waals surface area contributed by atoms with Crippen LogP contribution in [0.1, 0.15) is 78.4 Å². The Labute approximate surface area is 176 Å². The number of aromatic nitrogens is 4. The van der Waals surface area contributed by atoms with E-state index in [-0.39, 0.29) is 23.6 Å². The van der Waals surface area contributed by atoms with E-state index in [1.807, 2.05) is 51.1 Å². The third-order valence-electron chi connectivity index (χ3n) is 5.66. The smallest absolute Gasteiger partial charge is 0.293 e. The summed E-state index contributed by atoms with van der Waals surface area (Å²) in [6, 6.07) is 3.61. The summed E-state index contributed by atoms with van der Waals surface area (Å²) in [5, 5.41) is 4.07. The predicted molar refractivity (Wildman–Crippen MR) is 113 cm³/mol. The molecule has 0 spiro atoms. The zero-order valence-corrected chi connectivity index (χ0v) is 17.9. The molecule has 4 rings (SSSR count). The van der Waals surface area contributed by atoms with Gasteiger partial charge in [-0.1, -0.05) is 19.0 Å². The van der Waals surface area contributed by atoms with Gasteiger partial charge in [0.05, 0.1) is 17.4 Å². The molecule has 0 bridgehead atoms. The van der Waals surface area contributed by atoms with Crippen molar-refractivity contribution in [2.45, 2.75) is 58.9 Å². The van der Waals surface area contributed by atoms with Crippen molar-refractivity contribution < 1.29 is 9.32 Å². The monoisotopic (exact) mass is 405 g/mol. The Kier molecular flexibility index (Phi) is 5.61. The van der Waals surface area contributed by atoms with Gasteiger partial charge < -0.3 is 9.42 Å². The molecule has 0 aliphatic carbocycles. The van der Waals surface area contributed by atoms with E-state index in [1.165, 1.54) is 0 Å². The number of carbonyl (C=O) groups is 1. The van der Waals surface area contributed by atoms with Gasteiger partial charge in [0.15, 0.2) is 0 Å². The van der Waals surface area contributed by atoms with Crippen molar-refractivity contribution in [3.05, 3.63) is 59.3 Å². The van der Waals surface area contributed by atoms with E-state index >= 15 is 0 Å². The average Bonchev–Trinajstić information content (AvgIpc) is 3.24. The summed E-state index contributed by atoms with van der Waals surface area (Å²) in [6.07, 6.45) is 8.33. The summed E-state index contributed by atoms with van der Waals surface area (Å²) < 4.78 is 5.40. The highest BCUT2D eigenvalue weighted by molar-refractivity contribution is 5.92. The Morgan fingerprint density at radius 3 is 2.77 bits per heavy atom. The van der Waals surface area contributed by atoms with Crippen LogP contribution in [-0.4, -0.2) is 37.5 Å². The standard InChI is InChI=1S/C23H27N5O2/c1-14(2)19-11-21(30-27-19)23(29)28-10-6-5-7-20(28)22-18(13-25-16(4)26-22)17-8-9-24-12-15(17)3/h8-9,11-14,20H,5-7,10H2,1-4H3/t20-/m0/s1. The van der Waals surface area contributed by atoms with Crippen molar-refractivity contribution in [2.24, 2.45) is 0 Å². The van der Waals surface area contributed by atoms with E-state index in [1.54, 1.807) is 12.3 Å². The van der Waals surface area contributed by atoms with Crippen molar-refractivity contribution in [2.75, 3.05) is 6.54 Å². The fourth-order valence-corrected chi connectivity index (χ4v) is 3.99. The number of pyridine rings is 1. The van der Waals surface area contributed by atoms with E-state index in [0.29, 0.717) is 12.4 Å². The minimum atomic E-state index is -0.136. The summed E-state index contributed by atoms with van der Waals surface area (Å²) >= 11 is 0. The molecule has 1 amide bonds. The van der Waals surface area contributed by atoms with Crippen LogP contribution in [0.5, 0.6) is 0 Å². The first-order chi connectivity index (χ1) is 14.5. The number of piperidine rings is 1. The molecule has 0 saturated carbocycles. The first-order valence-corrected chi connectivity index (χ1v) is 10.5. The maximum atomic E-state index is 13.4. The average molecular weight is 406 g/mol. The molecular weight excluding hydrogens is 378 g/mol. The van der Waals surface area contributed by atoms with Crippen molar-refractivity contribution in [3.63, 3.8) is 0 Å². The maximum absolute atomic E-state index is 13.4. The highest BCUT2D eigenvalue weighted by Crippen LogP contribution is 2.37. The lowest BCUT2D eigenvalue weighted by molar-refractivity contribution is 0.0564. The van der Waals surface area contributed by atoms with Gasteiger partial charge in [0.25, 0.3) is 5.91 Å². The molecule has 1 aliphatic heterocycles. The van der Waals surface area contributed by atoms with Gasteiger partial charge in [-0.2, -0.15) is 0 Å². The quantitative estimate of drug-likeness (QED) is 0.629. The molecule has 30 heavy (non-hydrogen) atoms. The van der Waals surface area contributed by atoms with E-state index in [9.17, 15) is 4.79 Å². The second-order valence-corrected chi connectivity index (χ2v) is 8.19. The Hall–Kier alpha value is -3.09. The van der Waals surface area contributed by atoms with Crippen molar-refractivity contribution >= 4 is 5.91 Å². The van der Waals surface area contributed by atoms with Crippen LogP contribution in [0.3, 0.4) is 0 Å². The molecule has 0 unspecified atom stereocenters. The molecule has 3 aromatic heterocycles. The predicted octanol–water partition coefficient (Wildman–Crippen LogP) is 4.63. The molecule has 1 atom stereocenters. The fourth-order valence-electron chi connectivity index (χ4n) is 3.99. The fraction of sp³-hybridized carbons (Fsp3) is 0.435. The SMILES string of the molecule is Cc1ncc(-c2ccncc2C)c([C@@H]2CCCCN2C(=O)c2cc(C(C)C)no2)n1. The topological polar surface area (TPSA) is 85.0 Å². The first-order valence-electron chi connectivity index (χ1n) is 10.5. The summed E-state index contributed by atoms with van der Waals surface area (Å²) in [5.41, 5.74) is 4.72. The van der Waals surface area contributed by atoms with E-state index in [0.717, 1.165) is 47.3 Å². The van der Waals surface area contributed by atoms with Gasteiger partial charge in [0.1, 0.15) is 5.82 Å². The van der Waals surface area contributed by atoms with Crippen LogP contribution in [0.4, 0.5) is 0 Å². The van der Waals surface area contributed by atoms with Gasteiger partial charge in [0.2, 0.25) is 5.76 Å². The second-order valence-electron chi connectivity index (χ2n) is 8.19. The van der Waals surface area contributed by atoms with Crippen LogP contribution in [-0.2, 0) is 0 Å². The largest absolute Gasteiger partial charge is 0.351 e. The van der Waals surface area contributed by atoms with E-state index in [4.69, 9.17) is 9.51 Å². The van der Waals surface area contributed by atoms with Crippen molar-refractivity contribution in [3.8, 4) is 11.1 Å². The zero-order chi connectivity index (χ0) is 21.3. The van der Waals surface area contributed by atoms with E-state index in [2.05, 4.69) is 15.1 Å². The number of likely N-dealkylation sites (tertiary alicyclic amines) is 1. The number of amides is 1. The van der Waals surface area contributed by atoms with E-state index < -0.39 is 0 Å². The van der Waals surface area contributed by atoms with Gasteiger partial charge in [-0.05, 0) is 56.2 Å². The molecule has 1 fully saturated rings. The lowest BCUT2D eigenvalue weighted by Crippen LogP contribution is -2.39. The number of carbonyl (C=O) groups excluding carboxylic acids is 1. The lowest BCUT2D eigenvalue weighted by atomic mass is 9.92. The highest BCUT2D eigenvalue weighted by Gasteiger charge is 2.33. The third kappa shape index (κ3) is 3.84. The van der Waals surface area contributed by atoms with Crippen molar-refractivity contribution in [1.82, 2.24) is 25.0 Å². The van der Waals surface area contributed by atoms with Crippen molar-refractivity contribution in [1.29, 1.82) is 0 Å². The number of rotatable bonds is 4. The molecule has 0 radical (unpaired) electrons. The number of hydrogen-bond acceptors (Lipinski definition) is 6. The number of nitrogens with zero attached hydrogens (tertiary/aromatic N) is 5. The number of hydrogen-bond donors (Lipinski definition) is 0. The minimum Gasteiger partial charge on any atom is -0.351 e. The lowest BCUT2D eigenvalue weighted by Gasteiger charge is -2.35. The van der Waals surface area contributed by atoms with Gasteiger partial charge >= 0.3 is 0 Å². The Bertz CT molecular complexity index is 1060. The zero-order valence-electron chi connectivity index (χ0n) is 17.9. The molecule has 156 valence electrons. The van der Waals surface area contributed by atoms with Crippen LogP contribution in [0, 0.1) is 13.8 Å². The van der Waals surface area contributed by atoms with Crippen LogP contribution < -0.4 is 0 Å².